The molecule has 2 N–H and O–H groups in total. The summed E-state index contributed by atoms with van der Waals surface area (Å²) in [5.41, 5.74) is 3.85. The number of rotatable bonds is 4. The van der Waals surface area contributed by atoms with Gasteiger partial charge in [0, 0.05) is 24.0 Å². The number of hydrogen-bond donors (Lipinski definition) is 2. The summed E-state index contributed by atoms with van der Waals surface area (Å²) in [7, 11) is 0. The Morgan fingerprint density at radius 1 is 1.09 bits per heavy atom. The smallest absolute Gasteiger partial charge is 0.319 e. The van der Waals surface area contributed by atoms with Crippen molar-refractivity contribution in [3.8, 4) is 5.69 Å². The van der Waals surface area contributed by atoms with Crippen LogP contribution in [0.4, 0.5) is 10.5 Å². The number of aryl methyl sites for hydroxylation is 1. The van der Waals surface area contributed by atoms with E-state index >= 15 is 0 Å². The van der Waals surface area contributed by atoms with Crippen LogP contribution >= 0.6 is 0 Å². The second-order valence-electron chi connectivity index (χ2n) is 5.30. The van der Waals surface area contributed by atoms with Crippen molar-refractivity contribution in [2.75, 3.05) is 5.32 Å². The third-order valence-electron chi connectivity index (χ3n) is 3.42. The quantitative estimate of drug-likeness (QED) is 0.775. The van der Waals surface area contributed by atoms with Gasteiger partial charge in [-0.15, -0.1) is 0 Å². The molecule has 2 amide bonds. The highest BCUT2D eigenvalue weighted by Gasteiger charge is 2.04. The minimum atomic E-state index is -0.235. The predicted octanol–water partition coefficient (Wildman–Crippen LogP) is 3.50. The first kappa shape index (κ1) is 14.8. The van der Waals surface area contributed by atoms with E-state index < -0.39 is 0 Å². The van der Waals surface area contributed by atoms with Crippen molar-refractivity contribution in [1.82, 2.24) is 15.1 Å². The summed E-state index contributed by atoms with van der Waals surface area (Å²) in [5.74, 6) is 0. The van der Waals surface area contributed by atoms with Crippen LogP contribution in [0, 0.1) is 6.92 Å². The van der Waals surface area contributed by atoms with Crippen LogP contribution in [0.5, 0.6) is 0 Å². The van der Waals surface area contributed by atoms with Crippen LogP contribution in [-0.2, 0) is 6.54 Å². The lowest BCUT2D eigenvalue weighted by Crippen LogP contribution is -2.28. The number of para-hydroxylation sites is 1. The molecule has 5 heteroatoms. The molecule has 0 fully saturated rings. The van der Waals surface area contributed by atoms with Crippen LogP contribution in [0.15, 0.2) is 67.0 Å². The number of nitrogens with one attached hydrogen (secondary N) is 2. The van der Waals surface area contributed by atoms with Crippen LogP contribution in [0.3, 0.4) is 0 Å². The van der Waals surface area contributed by atoms with E-state index in [2.05, 4.69) is 15.7 Å². The number of aromatic nitrogens is 2. The van der Waals surface area contributed by atoms with Crippen molar-refractivity contribution in [3.05, 3.63) is 78.1 Å². The van der Waals surface area contributed by atoms with E-state index in [4.69, 9.17) is 0 Å². The fourth-order valence-corrected chi connectivity index (χ4v) is 2.17. The number of benzene rings is 2. The number of hydrogen-bond acceptors (Lipinski definition) is 2. The maximum Gasteiger partial charge on any atom is 0.319 e. The first-order valence-corrected chi connectivity index (χ1v) is 7.41. The third-order valence-corrected chi connectivity index (χ3v) is 3.42. The SMILES string of the molecule is Cc1ccc(NC(=O)NCc2cnn(-c3ccccc3)c2)cc1. The highest BCUT2D eigenvalue weighted by Crippen LogP contribution is 2.09. The molecule has 0 unspecified atom stereocenters. The van der Waals surface area contributed by atoms with Gasteiger partial charge < -0.3 is 10.6 Å². The van der Waals surface area contributed by atoms with Gasteiger partial charge in [0.1, 0.15) is 0 Å². The Bertz CT molecular complexity index is 778. The van der Waals surface area contributed by atoms with Crippen LogP contribution in [0.1, 0.15) is 11.1 Å². The largest absolute Gasteiger partial charge is 0.334 e. The van der Waals surface area contributed by atoms with E-state index in [1.54, 1.807) is 10.9 Å². The maximum absolute atomic E-state index is 11.9. The van der Waals surface area contributed by atoms with Gasteiger partial charge in [-0.1, -0.05) is 35.9 Å². The molecule has 116 valence electrons. The molecule has 0 saturated carbocycles. The summed E-state index contributed by atoms with van der Waals surface area (Å²) in [6, 6.07) is 17.3. The van der Waals surface area contributed by atoms with Crippen LogP contribution in [0.2, 0.25) is 0 Å². The molecule has 0 aliphatic rings. The molecule has 5 nitrogen and oxygen atoms in total. The number of amides is 2. The molecule has 2 aromatic carbocycles. The van der Waals surface area contributed by atoms with Gasteiger partial charge in [-0.2, -0.15) is 5.10 Å². The Kier molecular flexibility index (Phi) is 4.38. The third kappa shape index (κ3) is 3.97. The van der Waals surface area contributed by atoms with Crippen LogP contribution in [-0.4, -0.2) is 15.8 Å². The molecular formula is C18H18N4O. The molecule has 0 atom stereocenters. The monoisotopic (exact) mass is 306 g/mol. The Morgan fingerprint density at radius 2 is 1.83 bits per heavy atom. The van der Waals surface area contributed by atoms with Gasteiger partial charge in [-0.25, -0.2) is 9.48 Å². The van der Waals surface area contributed by atoms with E-state index in [0.29, 0.717) is 6.54 Å². The van der Waals surface area contributed by atoms with E-state index in [1.807, 2.05) is 67.7 Å². The minimum absolute atomic E-state index is 0.235. The van der Waals surface area contributed by atoms with Crippen molar-refractivity contribution in [3.63, 3.8) is 0 Å². The van der Waals surface area contributed by atoms with Crippen molar-refractivity contribution < 1.29 is 4.79 Å². The highest BCUT2D eigenvalue weighted by atomic mass is 16.2. The fourth-order valence-electron chi connectivity index (χ4n) is 2.17. The van der Waals surface area contributed by atoms with Gasteiger partial charge in [0.15, 0.2) is 0 Å². The summed E-state index contributed by atoms with van der Waals surface area (Å²) in [6.45, 7) is 2.43. The average molecular weight is 306 g/mol. The zero-order valence-corrected chi connectivity index (χ0v) is 12.9. The zero-order valence-electron chi connectivity index (χ0n) is 12.9. The second-order valence-corrected chi connectivity index (χ2v) is 5.30. The molecular weight excluding hydrogens is 288 g/mol. The van der Waals surface area contributed by atoms with Gasteiger partial charge in [-0.3, -0.25) is 0 Å². The predicted molar refractivity (Wildman–Crippen MR) is 90.6 cm³/mol. The van der Waals surface area contributed by atoms with Crippen molar-refractivity contribution in [1.29, 1.82) is 0 Å². The molecule has 0 aliphatic heterocycles. The lowest BCUT2D eigenvalue weighted by Gasteiger charge is -2.06. The molecule has 0 saturated heterocycles. The molecule has 3 aromatic rings. The molecule has 3 rings (SSSR count). The summed E-state index contributed by atoms with van der Waals surface area (Å²) < 4.78 is 1.79. The van der Waals surface area contributed by atoms with Gasteiger partial charge in [0.05, 0.1) is 11.9 Å². The molecule has 0 bridgehead atoms. The van der Waals surface area contributed by atoms with Crippen molar-refractivity contribution in [2.45, 2.75) is 13.5 Å². The van der Waals surface area contributed by atoms with Crippen molar-refractivity contribution >= 4 is 11.7 Å². The van der Waals surface area contributed by atoms with Crippen molar-refractivity contribution in [2.24, 2.45) is 0 Å². The van der Waals surface area contributed by atoms with E-state index in [-0.39, 0.29) is 6.03 Å². The summed E-state index contributed by atoms with van der Waals surface area (Å²) in [6.07, 6.45) is 3.65. The Labute approximate surface area is 135 Å². The van der Waals surface area contributed by atoms with Gasteiger partial charge >= 0.3 is 6.03 Å². The van der Waals surface area contributed by atoms with Gasteiger partial charge in [0.25, 0.3) is 0 Å². The maximum atomic E-state index is 11.9. The molecule has 0 spiro atoms. The first-order valence-electron chi connectivity index (χ1n) is 7.41. The highest BCUT2D eigenvalue weighted by molar-refractivity contribution is 5.89. The molecule has 1 aromatic heterocycles. The lowest BCUT2D eigenvalue weighted by atomic mass is 10.2. The molecule has 23 heavy (non-hydrogen) atoms. The Morgan fingerprint density at radius 3 is 2.57 bits per heavy atom. The summed E-state index contributed by atoms with van der Waals surface area (Å²) >= 11 is 0. The summed E-state index contributed by atoms with van der Waals surface area (Å²) in [5, 5.41) is 9.93. The van der Waals surface area contributed by atoms with E-state index in [9.17, 15) is 4.79 Å². The second kappa shape index (κ2) is 6.79. The zero-order chi connectivity index (χ0) is 16.1. The minimum Gasteiger partial charge on any atom is -0.334 e. The Balaban J connectivity index is 1.55. The molecule has 0 aliphatic carbocycles. The lowest BCUT2D eigenvalue weighted by molar-refractivity contribution is 0.251. The van der Waals surface area contributed by atoms with Crippen LogP contribution in [0.25, 0.3) is 5.69 Å². The van der Waals surface area contributed by atoms with Crippen LogP contribution < -0.4 is 10.6 Å². The number of urea groups is 1. The number of carbonyl (C=O) groups excluding carboxylic acids is 1. The standard InChI is InChI=1S/C18H18N4O/c1-14-7-9-16(10-8-14)21-18(23)19-11-15-12-20-22(13-15)17-5-3-2-4-6-17/h2-10,12-13H,11H2,1H3,(H2,19,21,23). The Hall–Kier alpha value is -3.08. The summed E-state index contributed by atoms with van der Waals surface area (Å²) in [4.78, 5) is 11.9. The fraction of sp³-hybridized carbons (Fsp3) is 0.111. The average Bonchev–Trinajstić information content (AvgIpc) is 3.05. The topological polar surface area (TPSA) is 59.0 Å². The number of anilines is 1. The molecule has 0 radical (unpaired) electrons. The first-order chi connectivity index (χ1) is 11.2. The molecule has 1 heterocycles. The number of nitrogens with zero attached hydrogens (tertiary/aromatic N) is 2. The normalized spacial score (nSPS) is 10.3. The van der Waals surface area contributed by atoms with Gasteiger partial charge in [0.2, 0.25) is 0 Å². The van der Waals surface area contributed by atoms with E-state index in [0.717, 1.165) is 22.5 Å². The van der Waals surface area contributed by atoms with E-state index in [1.165, 1.54) is 0 Å². The number of carbonyl (C=O) groups is 1. The van der Waals surface area contributed by atoms with Gasteiger partial charge in [-0.05, 0) is 31.2 Å².